The lowest BCUT2D eigenvalue weighted by Crippen LogP contribution is -2.37. The van der Waals surface area contributed by atoms with E-state index in [4.69, 9.17) is 4.74 Å². The first kappa shape index (κ1) is 14.9. The number of ether oxygens (including phenoxy) is 1. The van der Waals surface area contributed by atoms with Crippen LogP contribution < -0.4 is 0 Å². The summed E-state index contributed by atoms with van der Waals surface area (Å²) in [7, 11) is 0. The number of phenols is 3. The monoisotopic (exact) mass is 314 g/mol. The molecule has 0 saturated heterocycles. The van der Waals surface area contributed by atoms with Crippen LogP contribution in [0.4, 0.5) is 0 Å². The Morgan fingerprint density at radius 3 is 2.30 bits per heavy atom. The van der Waals surface area contributed by atoms with Gasteiger partial charge in [0.2, 0.25) is 0 Å². The van der Waals surface area contributed by atoms with Crippen LogP contribution in [0.3, 0.4) is 0 Å². The predicted octanol–water partition coefficient (Wildman–Crippen LogP) is 2.06. The number of carbonyl (C=O) groups excluding carboxylic acids is 2. The molecule has 2 aromatic carbocycles. The van der Waals surface area contributed by atoms with Crippen molar-refractivity contribution in [2.24, 2.45) is 0 Å². The minimum absolute atomic E-state index is 0.0121. The van der Waals surface area contributed by atoms with Crippen LogP contribution in [0.2, 0.25) is 0 Å². The van der Waals surface area contributed by atoms with Gasteiger partial charge in [-0.2, -0.15) is 0 Å². The summed E-state index contributed by atoms with van der Waals surface area (Å²) >= 11 is 0. The molecule has 3 rings (SSSR count). The second-order valence-electron chi connectivity index (χ2n) is 5.43. The van der Waals surface area contributed by atoms with Crippen LogP contribution >= 0.6 is 0 Å². The first-order chi connectivity index (χ1) is 10.9. The number of Topliss-reactive ketones (excluding diaryl/α,β-unsaturated/α-hetero) is 1. The maximum Gasteiger partial charge on any atom is 0.339 e. The molecule has 2 atom stereocenters. The van der Waals surface area contributed by atoms with Crippen molar-refractivity contribution in [1.82, 2.24) is 0 Å². The number of hydrogen-bond donors (Lipinski definition) is 3. The third kappa shape index (κ3) is 2.48. The van der Waals surface area contributed by atoms with Gasteiger partial charge in [0.1, 0.15) is 17.2 Å². The standard InChI is InChI=1S/C17H14O6/c1-8(18)16-14(9-2-4-10(19)5-3-9)15-12(17(22)23-16)6-11(20)7-13(15)21/h2-7,14,16,19-21H,1H3/t14?,16-/m1/s1. The molecule has 1 heterocycles. The zero-order valence-corrected chi connectivity index (χ0v) is 12.2. The van der Waals surface area contributed by atoms with Gasteiger partial charge >= 0.3 is 5.97 Å². The summed E-state index contributed by atoms with van der Waals surface area (Å²) in [5.74, 6) is -2.38. The van der Waals surface area contributed by atoms with Crippen molar-refractivity contribution in [3.8, 4) is 17.2 Å². The molecule has 0 spiro atoms. The molecule has 0 amide bonds. The van der Waals surface area contributed by atoms with E-state index in [2.05, 4.69) is 0 Å². The molecule has 1 unspecified atom stereocenters. The summed E-state index contributed by atoms with van der Waals surface area (Å²) in [4.78, 5) is 24.0. The van der Waals surface area contributed by atoms with E-state index >= 15 is 0 Å². The lowest BCUT2D eigenvalue weighted by molar-refractivity contribution is -0.126. The highest BCUT2D eigenvalue weighted by Crippen LogP contribution is 2.43. The molecule has 0 aromatic heterocycles. The number of aromatic hydroxyl groups is 3. The van der Waals surface area contributed by atoms with E-state index in [1.165, 1.54) is 25.1 Å². The van der Waals surface area contributed by atoms with Crippen LogP contribution in [-0.4, -0.2) is 33.2 Å². The number of benzene rings is 2. The quantitative estimate of drug-likeness (QED) is 0.733. The third-order valence-electron chi connectivity index (χ3n) is 3.86. The van der Waals surface area contributed by atoms with Crippen molar-refractivity contribution in [2.75, 3.05) is 0 Å². The predicted molar refractivity (Wildman–Crippen MR) is 79.6 cm³/mol. The van der Waals surface area contributed by atoms with Crippen molar-refractivity contribution in [1.29, 1.82) is 0 Å². The molecule has 2 aromatic rings. The lowest BCUT2D eigenvalue weighted by Gasteiger charge is -2.32. The van der Waals surface area contributed by atoms with Crippen LogP contribution in [0.1, 0.15) is 34.3 Å². The summed E-state index contributed by atoms with van der Waals surface area (Å²) in [6, 6.07) is 8.37. The summed E-state index contributed by atoms with van der Waals surface area (Å²) in [6.45, 7) is 1.30. The number of rotatable bonds is 2. The smallest absolute Gasteiger partial charge is 0.339 e. The molecule has 1 aliphatic heterocycles. The van der Waals surface area contributed by atoms with Gasteiger partial charge in [-0.15, -0.1) is 0 Å². The molecule has 0 aliphatic carbocycles. The molecule has 6 heteroatoms. The van der Waals surface area contributed by atoms with E-state index in [-0.39, 0.29) is 34.2 Å². The second kappa shape index (κ2) is 5.31. The fourth-order valence-corrected chi connectivity index (χ4v) is 2.86. The SMILES string of the molecule is CC(=O)[C@H]1OC(=O)c2cc(O)cc(O)c2C1c1ccc(O)cc1. The number of hydrogen-bond acceptors (Lipinski definition) is 6. The fraction of sp³-hybridized carbons (Fsp3) is 0.176. The zero-order chi connectivity index (χ0) is 16.7. The van der Waals surface area contributed by atoms with E-state index in [0.29, 0.717) is 5.56 Å². The number of ketones is 1. The van der Waals surface area contributed by atoms with E-state index in [0.717, 1.165) is 6.07 Å². The molecule has 3 N–H and O–H groups in total. The van der Waals surface area contributed by atoms with Gasteiger partial charge in [-0.05, 0) is 30.7 Å². The van der Waals surface area contributed by atoms with Crippen LogP contribution in [0, 0.1) is 0 Å². The van der Waals surface area contributed by atoms with Gasteiger partial charge in [0.25, 0.3) is 0 Å². The Hall–Kier alpha value is -3.02. The number of esters is 1. The van der Waals surface area contributed by atoms with Gasteiger partial charge in [0.05, 0.1) is 11.5 Å². The summed E-state index contributed by atoms with van der Waals surface area (Å²) in [5, 5.41) is 29.2. The number of fused-ring (bicyclic) bond motifs is 1. The van der Waals surface area contributed by atoms with Crippen LogP contribution in [0.5, 0.6) is 17.2 Å². The Kier molecular flexibility index (Phi) is 3.44. The summed E-state index contributed by atoms with van der Waals surface area (Å²) < 4.78 is 5.21. The molecule has 0 radical (unpaired) electrons. The topological polar surface area (TPSA) is 104 Å². The average molecular weight is 314 g/mol. The average Bonchev–Trinajstić information content (AvgIpc) is 2.48. The molecule has 118 valence electrons. The molecule has 0 saturated carbocycles. The molecule has 1 aliphatic rings. The normalized spacial score (nSPS) is 19.8. The highest BCUT2D eigenvalue weighted by atomic mass is 16.5. The third-order valence-corrected chi connectivity index (χ3v) is 3.86. The molecular weight excluding hydrogens is 300 g/mol. The van der Waals surface area contributed by atoms with E-state index in [1.54, 1.807) is 12.1 Å². The largest absolute Gasteiger partial charge is 0.508 e. The Morgan fingerprint density at radius 1 is 1.04 bits per heavy atom. The van der Waals surface area contributed by atoms with E-state index < -0.39 is 18.0 Å². The second-order valence-corrected chi connectivity index (χ2v) is 5.43. The molecular formula is C17H14O6. The highest BCUT2D eigenvalue weighted by molar-refractivity contribution is 5.98. The lowest BCUT2D eigenvalue weighted by atomic mass is 9.80. The van der Waals surface area contributed by atoms with Crippen LogP contribution in [0.25, 0.3) is 0 Å². The maximum absolute atomic E-state index is 12.1. The van der Waals surface area contributed by atoms with Crippen molar-refractivity contribution in [3.05, 3.63) is 53.1 Å². The van der Waals surface area contributed by atoms with Gasteiger partial charge in [-0.25, -0.2) is 4.79 Å². The number of phenolic OH excluding ortho intramolecular Hbond substituents is 3. The number of carbonyl (C=O) groups is 2. The van der Waals surface area contributed by atoms with Gasteiger partial charge in [-0.1, -0.05) is 12.1 Å². The highest BCUT2D eigenvalue weighted by Gasteiger charge is 2.41. The molecule has 0 bridgehead atoms. The Balaban J connectivity index is 2.25. The van der Waals surface area contributed by atoms with Gasteiger partial charge in [-0.3, -0.25) is 4.79 Å². The van der Waals surface area contributed by atoms with Gasteiger partial charge < -0.3 is 20.1 Å². The molecule has 0 fully saturated rings. The van der Waals surface area contributed by atoms with Gasteiger partial charge in [0, 0.05) is 11.6 Å². The van der Waals surface area contributed by atoms with Crippen LogP contribution in [-0.2, 0) is 9.53 Å². The van der Waals surface area contributed by atoms with E-state index in [1.807, 2.05) is 0 Å². The van der Waals surface area contributed by atoms with Crippen molar-refractivity contribution in [3.63, 3.8) is 0 Å². The van der Waals surface area contributed by atoms with Crippen molar-refractivity contribution >= 4 is 11.8 Å². The summed E-state index contributed by atoms with van der Waals surface area (Å²) in [5.41, 5.74) is 0.834. The summed E-state index contributed by atoms with van der Waals surface area (Å²) in [6.07, 6.45) is -1.09. The zero-order valence-electron chi connectivity index (χ0n) is 12.2. The van der Waals surface area contributed by atoms with E-state index in [9.17, 15) is 24.9 Å². The van der Waals surface area contributed by atoms with Gasteiger partial charge in [0.15, 0.2) is 11.9 Å². The Morgan fingerprint density at radius 2 is 1.70 bits per heavy atom. The number of cyclic esters (lactones) is 1. The molecule has 6 nitrogen and oxygen atoms in total. The first-order valence-corrected chi connectivity index (χ1v) is 6.94. The van der Waals surface area contributed by atoms with Crippen LogP contribution in [0.15, 0.2) is 36.4 Å². The first-order valence-electron chi connectivity index (χ1n) is 6.94. The minimum Gasteiger partial charge on any atom is -0.508 e. The Labute approximate surface area is 131 Å². The minimum atomic E-state index is -1.09. The van der Waals surface area contributed by atoms with Crippen molar-refractivity contribution in [2.45, 2.75) is 18.9 Å². The Bertz CT molecular complexity index is 793. The van der Waals surface area contributed by atoms with Crippen molar-refractivity contribution < 1.29 is 29.6 Å². The maximum atomic E-state index is 12.1. The fourth-order valence-electron chi connectivity index (χ4n) is 2.86. The molecule has 23 heavy (non-hydrogen) atoms.